The first kappa shape index (κ1) is 13.5. The van der Waals surface area contributed by atoms with Crippen LogP contribution in [0.3, 0.4) is 0 Å². The quantitative estimate of drug-likeness (QED) is 0.786. The number of nitrogens with one attached hydrogen (secondary N) is 1. The largest absolute Gasteiger partial charge is 0.280 e. The van der Waals surface area contributed by atoms with Gasteiger partial charge in [0.25, 0.3) is 5.91 Å². The SMILES string of the molecule is C[C@@H]1CCc2sc(C(=O)Nn3cnc4ccccc43)cc2C1. The Morgan fingerprint density at radius 1 is 1.41 bits per heavy atom. The molecule has 1 atom stereocenters. The van der Waals surface area contributed by atoms with Crippen molar-refractivity contribution in [1.29, 1.82) is 0 Å². The lowest BCUT2D eigenvalue weighted by molar-refractivity contribution is 0.101. The summed E-state index contributed by atoms with van der Waals surface area (Å²) in [5.41, 5.74) is 6.06. The van der Waals surface area contributed by atoms with Crippen LogP contribution in [0.25, 0.3) is 11.0 Å². The van der Waals surface area contributed by atoms with Gasteiger partial charge in [-0.05, 0) is 48.9 Å². The van der Waals surface area contributed by atoms with Gasteiger partial charge in [-0.25, -0.2) is 9.66 Å². The summed E-state index contributed by atoms with van der Waals surface area (Å²) in [5.74, 6) is 0.658. The van der Waals surface area contributed by atoms with Crippen LogP contribution in [0, 0.1) is 5.92 Å². The predicted octanol–water partition coefficient (Wildman–Crippen LogP) is 3.61. The molecular formula is C17H17N3OS. The minimum atomic E-state index is -0.0600. The van der Waals surface area contributed by atoms with Crippen LogP contribution < -0.4 is 5.43 Å². The number of aryl methyl sites for hydroxylation is 1. The number of thiophene rings is 1. The molecule has 5 heteroatoms. The minimum Gasteiger partial charge on any atom is -0.266 e. The summed E-state index contributed by atoms with van der Waals surface area (Å²) in [6.07, 6.45) is 5.06. The first-order valence-electron chi connectivity index (χ1n) is 7.56. The number of carbonyl (C=O) groups is 1. The molecule has 0 saturated carbocycles. The Bertz CT molecular complexity index is 849. The third kappa shape index (κ3) is 2.31. The second kappa shape index (κ2) is 5.25. The molecule has 4 rings (SSSR count). The van der Waals surface area contributed by atoms with E-state index in [0.29, 0.717) is 0 Å². The third-order valence-corrected chi connectivity index (χ3v) is 5.46. The fourth-order valence-electron chi connectivity index (χ4n) is 3.03. The number of benzene rings is 1. The third-order valence-electron chi connectivity index (χ3n) is 4.23. The standard InChI is InChI=1S/C17H17N3OS/c1-11-6-7-15-12(8-11)9-16(22-15)17(21)19-20-10-18-13-4-2-3-5-14(13)20/h2-5,9-11H,6-8H2,1H3,(H,19,21)/t11-/m1/s1. The van der Waals surface area contributed by atoms with E-state index in [1.165, 1.54) is 16.9 Å². The average molecular weight is 311 g/mol. The Balaban J connectivity index is 1.60. The van der Waals surface area contributed by atoms with Crippen molar-refractivity contribution in [2.45, 2.75) is 26.2 Å². The molecule has 0 radical (unpaired) electrons. The Hall–Kier alpha value is -2.14. The van der Waals surface area contributed by atoms with Gasteiger partial charge in [-0.2, -0.15) is 0 Å². The monoisotopic (exact) mass is 311 g/mol. The molecule has 1 aromatic carbocycles. The molecule has 2 heterocycles. The fourth-order valence-corrected chi connectivity index (χ4v) is 4.13. The van der Waals surface area contributed by atoms with E-state index < -0.39 is 0 Å². The van der Waals surface area contributed by atoms with Crippen molar-refractivity contribution in [2.24, 2.45) is 5.92 Å². The van der Waals surface area contributed by atoms with Crippen LogP contribution in [0.2, 0.25) is 0 Å². The highest BCUT2D eigenvalue weighted by atomic mass is 32.1. The number of para-hydroxylation sites is 2. The Labute approximate surface area is 132 Å². The average Bonchev–Trinajstić information content (AvgIpc) is 3.11. The molecule has 0 unspecified atom stereocenters. The summed E-state index contributed by atoms with van der Waals surface area (Å²) in [6.45, 7) is 2.28. The Kier molecular flexibility index (Phi) is 3.22. The number of aromatic nitrogens is 2. The van der Waals surface area contributed by atoms with E-state index in [0.717, 1.165) is 34.7 Å². The van der Waals surface area contributed by atoms with Crippen LogP contribution in [0.15, 0.2) is 36.7 Å². The van der Waals surface area contributed by atoms with Gasteiger partial charge in [-0.15, -0.1) is 11.3 Å². The summed E-state index contributed by atoms with van der Waals surface area (Å²) in [6, 6.07) is 9.82. The van der Waals surface area contributed by atoms with Crippen molar-refractivity contribution < 1.29 is 4.79 Å². The zero-order chi connectivity index (χ0) is 15.1. The summed E-state index contributed by atoms with van der Waals surface area (Å²) >= 11 is 1.63. The Morgan fingerprint density at radius 2 is 2.27 bits per heavy atom. The molecule has 0 spiro atoms. The van der Waals surface area contributed by atoms with E-state index in [1.54, 1.807) is 22.3 Å². The Morgan fingerprint density at radius 3 is 3.18 bits per heavy atom. The van der Waals surface area contributed by atoms with E-state index in [1.807, 2.05) is 24.3 Å². The zero-order valence-electron chi connectivity index (χ0n) is 12.4. The van der Waals surface area contributed by atoms with Crippen LogP contribution in [0.1, 0.15) is 33.5 Å². The van der Waals surface area contributed by atoms with Crippen LogP contribution in [-0.4, -0.2) is 15.6 Å². The highest BCUT2D eigenvalue weighted by molar-refractivity contribution is 7.14. The number of carbonyl (C=O) groups excluding carboxylic acids is 1. The zero-order valence-corrected chi connectivity index (χ0v) is 13.2. The van der Waals surface area contributed by atoms with Gasteiger partial charge in [0.05, 0.1) is 15.9 Å². The first-order valence-corrected chi connectivity index (χ1v) is 8.37. The van der Waals surface area contributed by atoms with Gasteiger partial charge in [-0.1, -0.05) is 19.1 Å². The number of rotatable bonds is 2. The smallest absolute Gasteiger partial charge is 0.266 e. The number of imidazole rings is 1. The highest BCUT2D eigenvalue weighted by Gasteiger charge is 2.21. The summed E-state index contributed by atoms with van der Waals surface area (Å²) in [7, 11) is 0. The van der Waals surface area contributed by atoms with Crippen LogP contribution in [0.5, 0.6) is 0 Å². The molecule has 3 aromatic rings. The first-order chi connectivity index (χ1) is 10.7. The normalized spacial score (nSPS) is 17.4. The van der Waals surface area contributed by atoms with Crippen molar-refractivity contribution in [2.75, 3.05) is 5.43 Å². The lowest BCUT2D eigenvalue weighted by atomic mass is 9.90. The second-order valence-corrected chi connectivity index (χ2v) is 7.09. The molecular weight excluding hydrogens is 294 g/mol. The number of amides is 1. The summed E-state index contributed by atoms with van der Waals surface area (Å²) < 4.78 is 1.69. The van der Waals surface area contributed by atoms with Gasteiger partial charge in [0.15, 0.2) is 0 Å². The van der Waals surface area contributed by atoms with Crippen molar-refractivity contribution in [3.8, 4) is 0 Å². The fraction of sp³-hybridized carbons (Fsp3) is 0.294. The van der Waals surface area contributed by atoms with Gasteiger partial charge in [0.1, 0.15) is 6.33 Å². The van der Waals surface area contributed by atoms with Gasteiger partial charge in [-0.3, -0.25) is 10.2 Å². The topological polar surface area (TPSA) is 46.9 Å². The van der Waals surface area contributed by atoms with Crippen molar-refractivity contribution in [1.82, 2.24) is 9.66 Å². The van der Waals surface area contributed by atoms with Gasteiger partial charge >= 0.3 is 0 Å². The van der Waals surface area contributed by atoms with E-state index in [2.05, 4.69) is 23.4 Å². The van der Waals surface area contributed by atoms with Crippen molar-refractivity contribution >= 4 is 28.3 Å². The molecule has 2 aromatic heterocycles. The lowest BCUT2D eigenvalue weighted by Crippen LogP contribution is -2.21. The lowest BCUT2D eigenvalue weighted by Gasteiger charge is -2.16. The number of nitrogens with zero attached hydrogens (tertiary/aromatic N) is 2. The molecule has 1 aliphatic rings. The molecule has 1 N–H and O–H groups in total. The molecule has 0 aliphatic heterocycles. The van der Waals surface area contributed by atoms with E-state index >= 15 is 0 Å². The summed E-state index contributed by atoms with van der Waals surface area (Å²) in [4.78, 5) is 19.0. The van der Waals surface area contributed by atoms with E-state index in [9.17, 15) is 4.79 Å². The number of fused-ring (bicyclic) bond motifs is 2. The van der Waals surface area contributed by atoms with E-state index in [-0.39, 0.29) is 5.91 Å². The molecule has 4 nitrogen and oxygen atoms in total. The summed E-state index contributed by atoms with van der Waals surface area (Å²) in [5, 5.41) is 0. The maximum absolute atomic E-state index is 12.5. The van der Waals surface area contributed by atoms with Crippen molar-refractivity contribution in [3.63, 3.8) is 0 Å². The highest BCUT2D eigenvalue weighted by Crippen LogP contribution is 2.32. The van der Waals surface area contributed by atoms with Crippen molar-refractivity contribution in [3.05, 3.63) is 52.0 Å². The van der Waals surface area contributed by atoms with E-state index in [4.69, 9.17) is 0 Å². The van der Waals surface area contributed by atoms with Crippen LogP contribution >= 0.6 is 11.3 Å². The second-order valence-electron chi connectivity index (χ2n) is 5.95. The molecule has 22 heavy (non-hydrogen) atoms. The van der Waals surface area contributed by atoms with Crippen LogP contribution in [0.4, 0.5) is 0 Å². The molecule has 0 saturated heterocycles. The minimum absolute atomic E-state index is 0.0600. The maximum Gasteiger partial charge on any atom is 0.280 e. The number of hydrogen-bond donors (Lipinski definition) is 1. The molecule has 0 bridgehead atoms. The maximum atomic E-state index is 12.5. The molecule has 112 valence electrons. The van der Waals surface area contributed by atoms with Gasteiger partial charge in [0.2, 0.25) is 0 Å². The van der Waals surface area contributed by atoms with Gasteiger partial charge in [0, 0.05) is 4.88 Å². The molecule has 1 amide bonds. The molecule has 0 fully saturated rings. The van der Waals surface area contributed by atoms with Crippen LogP contribution in [-0.2, 0) is 12.8 Å². The van der Waals surface area contributed by atoms with Gasteiger partial charge < -0.3 is 0 Å². The number of hydrogen-bond acceptors (Lipinski definition) is 3. The molecule has 1 aliphatic carbocycles. The predicted molar refractivity (Wildman–Crippen MR) is 88.9 cm³/mol.